The van der Waals surface area contributed by atoms with Crippen molar-refractivity contribution in [3.63, 3.8) is 0 Å². The number of halogens is 1. The zero-order valence-corrected chi connectivity index (χ0v) is 11.2. The third-order valence-electron chi connectivity index (χ3n) is 2.76. The summed E-state index contributed by atoms with van der Waals surface area (Å²) in [6, 6.07) is 6.40. The Morgan fingerprint density at radius 2 is 2.05 bits per heavy atom. The Kier molecular flexibility index (Phi) is 4.06. The van der Waals surface area contributed by atoms with Crippen LogP contribution in [-0.2, 0) is 11.3 Å². The molecule has 0 aliphatic carbocycles. The highest BCUT2D eigenvalue weighted by atomic mass is 19.1. The summed E-state index contributed by atoms with van der Waals surface area (Å²) in [6.07, 6.45) is 0. The predicted molar refractivity (Wildman–Crippen MR) is 72.4 cm³/mol. The maximum atomic E-state index is 13.1. The fraction of sp³-hybridized carbons (Fsp3) is 0.286. The Morgan fingerprint density at radius 1 is 1.26 bits per heavy atom. The van der Waals surface area contributed by atoms with Crippen LogP contribution in [0, 0.1) is 12.7 Å². The molecular formula is C14H16FN3O. The van der Waals surface area contributed by atoms with E-state index in [9.17, 15) is 4.39 Å². The Labute approximate surface area is 111 Å². The van der Waals surface area contributed by atoms with E-state index in [-0.39, 0.29) is 5.82 Å². The molecule has 2 rings (SSSR count). The van der Waals surface area contributed by atoms with Crippen molar-refractivity contribution in [1.29, 1.82) is 0 Å². The maximum absolute atomic E-state index is 13.1. The molecule has 0 radical (unpaired) electrons. The molecular weight excluding hydrogens is 245 g/mol. The minimum absolute atomic E-state index is 0.261. The fourth-order valence-electron chi connectivity index (χ4n) is 1.85. The molecule has 0 amide bonds. The molecule has 1 heterocycles. The molecule has 19 heavy (non-hydrogen) atoms. The average Bonchev–Trinajstić information content (AvgIpc) is 2.38. The van der Waals surface area contributed by atoms with E-state index in [1.165, 1.54) is 12.1 Å². The first-order chi connectivity index (χ1) is 9.13. The Balaban J connectivity index is 2.51. The van der Waals surface area contributed by atoms with Crippen molar-refractivity contribution in [3.8, 4) is 11.4 Å². The number of benzene rings is 1. The highest BCUT2D eigenvalue weighted by Crippen LogP contribution is 2.22. The minimum Gasteiger partial charge on any atom is -0.378 e. The second-order valence-electron chi connectivity index (χ2n) is 4.21. The molecule has 100 valence electrons. The SMILES string of the molecule is CNc1cc(COC)nc(-c2ccc(F)cc2C)n1. The van der Waals surface area contributed by atoms with Crippen molar-refractivity contribution < 1.29 is 9.13 Å². The van der Waals surface area contributed by atoms with Crippen LogP contribution in [0.5, 0.6) is 0 Å². The van der Waals surface area contributed by atoms with Crippen molar-refractivity contribution in [2.24, 2.45) is 0 Å². The first kappa shape index (κ1) is 13.4. The quantitative estimate of drug-likeness (QED) is 0.919. The van der Waals surface area contributed by atoms with Crippen LogP contribution >= 0.6 is 0 Å². The van der Waals surface area contributed by atoms with Gasteiger partial charge in [-0.2, -0.15) is 0 Å². The molecule has 0 bridgehead atoms. The molecule has 0 saturated heterocycles. The molecule has 4 nitrogen and oxygen atoms in total. The van der Waals surface area contributed by atoms with Crippen LogP contribution in [0.3, 0.4) is 0 Å². The standard InChI is InChI=1S/C14H16FN3O/c1-9-6-10(15)4-5-12(9)14-17-11(8-19-3)7-13(16-2)18-14/h4-7H,8H2,1-3H3,(H,16,17,18). The Morgan fingerprint density at radius 3 is 2.68 bits per heavy atom. The molecule has 0 aliphatic heterocycles. The van der Waals surface area contributed by atoms with Gasteiger partial charge in [0.15, 0.2) is 5.82 Å². The number of rotatable bonds is 4. The van der Waals surface area contributed by atoms with Crippen molar-refractivity contribution >= 4 is 5.82 Å². The lowest BCUT2D eigenvalue weighted by atomic mass is 10.1. The van der Waals surface area contributed by atoms with Crippen LogP contribution in [0.15, 0.2) is 24.3 Å². The molecule has 1 N–H and O–H groups in total. The Bertz CT molecular complexity index is 587. The van der Waals surface area contributed by atoms with Gasteiger partial charge in [0.2, 0.25) is 0 Å². The van der Waals surface area contributed by atoms with E-state index in [4.69, 9.17) is 4.74 Å². The molecule has 1 aromatic carbocycles. The van der Waals surface area contributed by atoms with Gasteiger partial charge in [-0.1, -0.05) is 0 Å². The van der Waals surface area contributed by atoms with Crippen LogP contribution in [0.2, 0.25) is 0 Å². The number of methoxy groups -OCH3 is 1. The average molecular weight is 261 g/mol. The largest absolute Gasteiger partial charge is 0.378 e. The lowest BCUT2D eigenvalue weighted by Gasteiger charge is -2.09. The van der Waals surface area contributed by atoms with Gasteiger partial charge in [-0.25, -0.2) is 14.4 Å². The molecule has 0 spiro atoms. The van der Waals surface area contributed by atoms with Gasteiger partial charge in [-0.05, 0) is 30.7 Å². The van der Waals surface area contributed by atoms with Crippen LogP contribution < -0.4 is 5.32 Å². The topological polar surface area (TPSA) is 47.0 Å². The van der Waals surface area contributed by atoms with Gasteiger partial charge in [-0.15, -0.1) is 0 Å². The molecule has 0 fully saturated rings. The monoisotopic (exact) mass is 261 g/mol. The van der Waals surface area contributed by atoms with Gasteiger partial charge in [0.1, 0.15) is 11.6 Å². The fourth-order valence-corrected chi connectivity index (χ4v) is 1.85. The summed E-state index contributed by atoms with van der Waals surface area (Å²) < 4.78 is 18.2. The van der Waals surface area contributed by atoms with E-state index >= 15 is 0 Å². The normalized spacial score (nSPS) is 10.5. The second kappa shape index (κ2) is 5.75. The molecule has 0 aliphatic rings. The summed E-state index contributed by atoms with van der Waals surface area (Å²) in [5.74, 6) is 1.01. The first-order valence-electron chi connectivity index (χ1n) is 5.95. The number of anilines is 1. The zero-order valence-electron chi connectivity index (χ0n) is 11.2. The summed E-state index contributed by atoms with van der Waals surface area (Å²) in [7, 11) is 3.41. The third-order valence-corrected chi connectivity index (χ3v) is 2.76. The van der Waals surface area contributed by atoms with E-state index in [1.54, 1.807) is 20.2 Å². The van der Waals surface area contributed by atoms with Crippen molar-refractivity contribution in [2.75, 3.05) is 19.5 Å². The number of aromatic nitrogens is 2. The zero-order chi connectivity index (χ0) is 13.8. The van der Waals surface area contributed by atoms with E-state index < -0.39 is 0 Å². The van der Waals surface area contributed by atoms with Crippen molar-refractivity contribution in [2.45, 2.75) is 13.5 Å². The van der Waals surface area contributed by atoms with Gasteiger partial charge in [0.25, 0.3) is 0 Å². The molecule has 5 heteroatoms. The van der Waals surface area contributed by atoms with E-state index in [2.05, 4.69) is 15.3 Å². The van der Waals surface area contributed by atoms with Crippen LogP contribution in [0.4, 0.5) is 10.2 Å². The van der Waals surface area contributed by atoms with E-state index in [0.717, 1.165) is 16.8 Å². The summed E-state index contributed by atoms with van der Waals surface area (Å²) in [5.41, 5.74) is 2.40. The number of nitrogens with one attached hydrogen (secondary N) is 1. The third kappa shape index (κ3) is 3.06. The van der Waals surface area contributed by atoms with Crippen LogP contribution in [0.25, 0.3) is 11.4 Å². The maximum Gasteiger partial charge on any atom is 0.162 e. The second-order valence-corrected chi connectivity index (χ2v) is 4.21. The number of hydrogen-bond donors (Lipinski definition) is 1. The number of hydrogen-bond acceptors (Lipinski definition) is 4. The smallest absolute Gasteiger partial charge is 0.162 e. The molecule has 0 unspecified atom stereocenters. The lowest BCUT2D eigenvalue weighted by Crippen LogP contribution is -2.02. The summed E-state index contributed by atoms with van der Waals surface area (Å²) >= 11 is 0. The van der Waals surface area contributed by atoms with Gasteiger partial charge >= 0.3 is 0 Å². The highest BCUT2D eigenvalue weighted by Gasteiger charge is 2.09. The Hall–Kier alpha value is -2.01. The van der Waals surface area contributed by atoms with Crippen molar-refractivity contribution in [3.05, 3.63) is 41.3 Å². The first-order valence-corrected chi connectivity index (χ1v) is 5.95. The van der Waals surface area contributed by atoms with E-state index in [0.29, 0.717) is 18.2 Å². The molecule has 1 aromatic heterocycles. The van der Waals surface area contributed by atoms with Gasteiger partial charge in [0.05, 0.1) is 12.3 Å². The number of aryl methyl sites for hydroxylation is 1. The molecule has 2 aromatic rings. The van der Waals surface area contributed by atoms with Crippen LogP contribution in [-0.4, -0.2) is 24.1 Å². The van der Waals surface area contributed by atoms with Gasteiger partial charge in [-0.3, -0.25) is 0 Å². The summed E-state index contributed by atoms with van der Waals surface area (Å²) in [5, 5.41) is 2.99. The minimum atomic E-state index is -0.261. The summed E-state index contributed by atoms with van der Waals surface area (Å²) in [4.78, 5) is 8.83. The van der Waals surface area contributed by atoms with E-state index in [1.807, 2.05) is 13.0 Å². The lowest BCUT2D eigenvalue weighted by molar-refractivity contribution is 0.181. The number of nitrogens with zero attached hydrogens (tertiary/aromatic N) is 2. The van der Waals surface area contributed by atoms with Crippen LogP contribution in [0.1, 0.15) is 11.3 Å². The summed E-state index contributed by atoms with van der Waals surface area (Å²) in [6.45, 7) is 2.24. The predicted octanol–water partition coefficient (Wildman–Crippen LogP) is 2.78. The number of ether oxygens (including phenoxy) is 1. The van der Waals surface area contributed by atoms with Gasteiger partial charge in [0, 0.05) is 25.8 Å². The molecule has 0 atom stereocenters. The highest BCUT2D eigenvalue weighted by molar-refractivity contribution is 5.61. The van der Waals surface area contributed by atoms with Crippen molar-refractivity contribution in [1.82, 2.24) is 9.97 Å². The molecule has 0 saturated carbocycles. The van der Waals surface area contributed by atoms with Gasteiger partial charge < -0.3 is 10.1 Å².